The van der Waals surface area contributed by atoms with E-state index in [0.717, 1.165) is 25.1 Å². The molecule has 0 saturated heterocycles. The van der Waals surface area contributed by atoms with Crippen molar-refractivity contribution < 1.29 is 4.79 Å². The number of carbonyl (C=O) groups is 1. The van der Waals surface area contributed by atoms with Gasteiger partial charge in [0, 0.05) is 18.3 Å². The predicted octanol–water partition coefficient (Wildman–Crippen LogP) is 4.01. The molecular formula is C21H26N2O. The fourth-order valence-electron chi connectivity index (χ4n) is 3.42. The Morgan fingerprint density at radius 3 is 2.58 bits per heavy atom. The van der Waals surface area contributed by atoms with Gasteiger partial charge in [-0.15, -0.1) is 0 Å². The minimum atomic E-state index is -0.206. The highest BCUT2D eigenvalue weighted by Crippen LogP contribution is 2.28. The quantitative estimate of drug-likeness (QED) is 0.902. The van der Waals surface area contributed by atoms with Crippen molar-refractivity contribution >= 4 is 11.6 Å². The molecular weight excluding hydrogens is 296 g/mol. The number of aryl methyl sites for hydroxylation is 1. The number of nitrogens with zero attached hydrogens (tertiary/aromatic N) is 1. The molecule has 1 aliphatic heterocycles. The summed E-state index contributed by atoms with van der Waals surface area (Å²) in [5.41, 5.74) is 4.83. The third-order valence-corrected chi connectivity index (χ3v) is 4.86. The lowest BCUT2D eigenvalue weighted by Gasteiger charge is -2.26. The third-order valence-electron chi connectivity index (χ3n) is 4.86. The second-order valence-corrected chi connectivity index (χ2v) is 6.63. The Labute approximate surface area is 144 Å². The van der Waals surface area contributed by atoms with Crippen molar-refractivity contribution in [2.45, 2.75) is 45.7 Å². The molecule has 0 bridgehead atoms. The van der Waals surface area contributed by atoms with E-state index in [1.165, 1.54) is 16.7 Å². The van der Waals surface area contributed by atoms with Crippen LogP contribution in [0.25, 0.3) is 0 Å². The van der Waals surface area contributed by atoms with Gasteiger partial charge in [-0.3, -0.25) is 10.1 Å². The molecule has 0 saturated carbocycles. The van der Waals surface area contributed by atoms with E-state index >= 15 is 0 Å². The van der Waals surface area contributed by atoms with Crippen molar-refractivity contribution in [3.63, 3.8) is 0 Å². The molecule has 3 nitrogen and oxygen atoms in total. The van der Waals surface area contributed by atoms with Crippen LogP contribution in [0, 0.1) is 6.92 Å². The Balaban J connectivity index is 1.71. The van der Waals surface area contributed by atoms with E-state index in [1.54, 1.807) is 0 Å². The summed E-state index contributed by atoms with van der Waals surface area (Å²) in [6.07, 6.45) is 1.90. The van der Waals surface area contributed by atoms with Gasteiger partial charge >= 0.3 is 0 Å². The fourth-order valence-corrected chi connectivity index (χ4v) is 3.42. The molecule has 1 heterocycles. The molecule has 1 amide bonds. The van der Waals surface area contributed by atoms with E-state index in [9.17, 15) is 4.79 Å². The van der Waals surface area contributed by atoms with Gasteiger partial charge in [-0.05, 0) is 43.9 Å². The number of rotatable bonds is 5. The van der Waals surface area contributed by atoms with E-state index in [2.05, 4.69) is 49.5 Å². The SMILES string of the molecule is CC[C@H](N[C@H](C)C(=O)N1CCc2ccccc21)c1ccc(C)cc1. The van der Waals surface area contributed by atoms with E-state index in [0.29, 0.717) is 0 Å². The van der Waals surface area contributed by atoms with Crippen molar-refractivity contribution in [3.05, 3.63) is 65.2 Å². The van der Waals surface area contributed by atoms with Crippen LogP contribution in [0.1, 0.15) is 43.0 Å². The summed E-state index contributed by atoms with van der Waals surface area (Å²) < 4.78 is 0. The highest BCUT2D eigenvalue weighted by molar-refractivity contribution is 5.98. The number of amides is 1. The molecule has 24 heavy (non-hydrogen) atoms. The zero-order valence-electron chi connectivity index (χ0n) is 14.8. The number of para-hydroxylation sites is 1. The summed E-state index contributed by atoms with van der Waals surface area (Å²) in [6.45, 7) is 7.00. The molecule has 2 aromatic rings. The molecule has 0 radical (unpaired) electrons. The third kappa shape index (κ3) is 3.36. The Bertz CT molecular complexity index is 708. The Kier molecular flexibility index (Phi) is 5.00. The largest absolute Gasteiger partial charge is 0.310 e. The molecule has 0 unspecified atom stereocenters. The van der Waals surface area contributed by atoms with Gasteiger partial charge < -0.3 is 4.90 Å². The van der Waals surface area contributed by atoms with Crippen LogP contribution in [0.5, 0.6) is 0 Å². The Morgan fingerprint density at radius 1 is 1.17 bits per heavy atom. The number of carbonyl (C=O) groups excluding carboxylic acids is 1. The normalized spacial score (nSPS) is 15.9. The topological polar surface area (TPSA) is 32.3 Å². The molecule has 2 atom stereocenters. The maximum absolute atomic E-state index is 12.9. The molecule has 3 heteroatoms. The molecule has 0 spiro atoms. The molecule has 1 aliphatic rings. The van der Waals surface area contributed by atoms with Crippen LogP contribution in [-0.4, -0.2) is 18.5 Å². The highest BCUT2D eigenvalue weighted by atomic mass is 16.2. The second-order valence-electron chi connectivity index (χ2n) is 6.63. The molecule has 0 fully saturated rings. The van der Waals surface area contributed by atoms with Gasteiger partial charge in [-0.25, -0.2) is 0 Å². The van der Waals surface area contributed by atoms with Crippen LogP contribution in [0.15, 0.2) is 48.5 Å². The smallest absolute Gasteiger partial charge is 0.243 e. The highest BCUT2D eigenvalue weighted by Gasteiger charge is 2.28. The number of benzene rings is 2. The molecule has 1 N–H and O–H groups in total. The van der Waals surface area contributed by atoms with Crippen LogP contribution in [0.2, 0.25) is 0 Å². The van der Waals surface area contributed by atoms with Crippen LogP contribution in [0.4, 0.5) is 5.69 Å². The lowest BCUT2D eigenvalue weighted by molar-refractivity contribution is -0.120. The van der Waals surface area contributed by atoms with Crippen molar-refractivity contribution in [3.8, 4) is 0 Å². The summed E-state index contributed by atoms with van der Waals surface area (Å²) in [6, 6.07) is 16.8. The van der Waals surface area contributed by atoms with Gasteiger partial charge in [0.05, 0.1) is 6.04 Å². The minimum Gasteiger partial charge on any atom is -0.310 e. The Hall–Kier alpha value is -2.13. The molecule has 126 valence electrons. The van der Waals surface area contributed by atoms with Crippen molar-refractivity contribution in [1.29, 1.82) is 0 Å². The van der Waals surface area contributed by atoms with Gasteiger partial charge in [0.2, 0.25) is 5.91 Å². The lowest BCUT2D eigenvalue weighted by Crippen LogP contribution is -2.45. The van der Waals surface area contributed by atoms with Crippen LogP contribution in [0.3, 0.4) is 0 Å². The van der Waals surface area contributed by atoms with Crippen LogP contribution >= 0.6 is 0 Å². The zero-order chi connectivity index (χ0) is 17.1. The molecule has 3 rings (SSSR count). The number of anilines is 1. The van der Waals surface area contributed by atoms with E-state index in [1.807, 2.05) is 30.0 Å². The Morgan fingerprint density at radius 2 is 1.88 bits per heavy atom. The van der Waals surface area contributed by atoms with E-state index in [-0.39, 0.29) is 18.0 Å². The van der Waals surface area contributed by atoms with E-state index in [4.69, 9.17) is 0 Å². The lowest BCUT2D eigenvalue weighted by atomic mass is 10.0. The standard InChI is InChI=1S/C21H26N2O/c1-4-19(17-11-9-15(2)10-12-17)22-16(3)21(24)23-14-13-18-7-5-6-8-20(18)23/h5-12,16,19,22H,4,13-14H2,1-3H3/t16-,19+/m1/s1. The summed E-state index contributed by atoms with van der Waals surface area (Å²) >= 11 is 0. The molecule has 0 aromatic heterocycles. The maximum Gasteiger partial charge on any atom is 0.243 e. The first-order chi connectivity index (χ1) is 11.6. The summed E-state index contributed by atoms with van der Waals surface area (Å²) in [5, 5.41) is 3.52. The number of hydrogen-bond donors (Lipinski definition) is 1. The summed E-state index contributed by atoms with van der Waals surface area (Å²) in [5.74, 6) is 0.158. The summed E-state index contributed by atoms with van der Waals surface area (Å²) in [4.78, 5) is 14.8. The summed E-state index contributed by atoms with van der Waals surface area (Å²) in [7, 11) is 0. The van der Waals surface area contributed by atoms with Crippen molar-refractivity contribution in [2.24, 2.45) is 0 Å². The first-order valence-corrected chi connectivity index (χ1v) is 8.82. The monoisotopic (exact) mass is 322 g/mol. The van der Waals surface area contributed by atoms with Gasteiger partial charge in [0.1, 0.15) is 0 Å². The maximum atomic E-state index is 12.9. The van der Waals surface area contributed by atoms with Crippen molar-refractivity contribution in [2.75, 3.05) is 11.4 Å². The van der Waals surface area contributed by atoms with Crippen LogP contribution < -0.4 is 10.2 Å². The van der Waals surface area contributed by atoms with Crippen LogP contribution in [-0.2, 0) is 11.2 Å². The second kappa shape index (κ2) is 7.18. The van der Waals surface area contributed by atoms with Gasteiger partial charge in [0.25, 0.3) is 0 Å². The fraction of sp³-hybridized carbons (Fsp3) is 0.381. The average Bonchev–Trinajstić information content (AvgIpc) is 3.03. The number of nitrogens with one attached hydrogen (secondary N) is 1. The molecule has 0 aliphatic carbocycles. The van der Waals surface area contributed by atoms with E-state index < -0.39 is 0 Å². The number of hydrogen-bond acceptors (Lipinski definition) is 2. The molecule has 2 aromatic carbocycles. The zero-order valence-corrected chi connectivity index (χ0v) is 14.8. The van der Waals surface area contributed by atoms with Crippen molar-refractivity contribution in [1.82, 2.24) is 5.32 Å². The van der Waals surface area contributed by atoms with Gasteiger partial charge in [0.15, 0.2) is 0 Å². The average molecular weight is 322 g/mol. The first-order valence-electron chi connectivity index (χ1n) is 8.82. The van der Waals surface area contributed by atoms with Gasteiger partial charge in [-0.2, -0.15) is 0 Å². The number of fused-ring (bicyclic) bond motifs is 1. The predicted molar refractivity (Wildman–Crippen MR) is 99.3 cm³/mol. The minimum absolute atomic E-state index is 0.158. The first kappa shape index (κ1) is 16.7. The van der Waals surface area contributed by atoms with Gasteiger partial charge in [-0.1, -0.05) is 55.0 Å².